The van der Waals surface area contributed by atoms with Gasteiger partial charge in [0.05, 0.1) is 16.2 Å². The zero-order valence-electron chi connectivity index (χ0n) is 18.4. The normalized spacial score (nSPS) is 26.1. The number of aromatic nitrogens is 2. The van der Waals surface area contributed by atoms with Crippen molar-refractivity contribution in [2.45, 2.75) is 42.7 Å². The number of nitrogens with two attached hydrogens (primary N) is 1. The molecule has 2 aromatic heterocycles. The van der Waals surface area contributed by atoms with E-state index < -0.39 is 44.2 Å². The molecule has 2 aliphatic heterocycles. The molecule has 0 spiro atoms. The monoisotopic (exact) mass is 480 g/mol. The van der Waals surface area contributed by atoms with Gasteiger partial charge in [-0.25, -0.2) is 18.7 Å². The summed E-state index contributed by atoms with van der Waals surface area (Å²) in [5.41, 5.74) is 4.92. The Kier molecular flexibility index (Phi) is 5.69. The molecule has 4 heterocycles. The van der Waals surface area contributed by atoms with Crippen molar-refractivity contribution < 1.29 is 22.5 Å². The van der Waals surface area contributed by atoms with Gasteiger partial charge < -0.3 is 15.8 Å². The first-order chi connectivity index (χ1) is 15.5. The summed E-state index contributed by atoms with van der Waals surface area (Å²) in [6, 6.07) is 5.25. The minimum Gasteiger partial charge on any atom is -0.461 e. The maximum atomic E-state index is 15.0. The van der Waals surface area contributed by atoms with E-state index in [2.05, 4.69) is 29.7 Å². The van der Waals surface area contributed by atoms with Crippen LogP contribution >= 0.6 is 0 Å². The Balaban J connectivity index is 1.68. The number of pyridine rings is 2. The quantitative estimate of drug-likeness (QED) is 0.483. The number of halogens is 2. The number of amidine groups is 1. The largest absolute Gasteiger partial charge is 0.461 e. The van der Waals surface area contributed by atoms with Crippen molar-refractivity contribution in [2.75, 3.05) is 18.7 Å². The van der Waals surface area contributed by atoms with Gasteiger partial charge in [-0.1, -0.05) is 0 Å². The van der Waals surface area contributed by atoms with Gasteiger partial charge in [-0.05, 0) is 61.6 Å². The summed E-state index contributed by atoms with van der Waals surface area (Å²) in [5, 5.41) is 2.06. The van der Waals surface area contributed by atoms with Gasteiger partial charge in [-0.15, -0.1) is 0 Å². The minimum atomic E-state index is -3.09. The molecule has 0 aromatic carbocycles. The number of fused-ring (bicyclic) bond motifs is 1. The predicted octanol–water partition coefficient (Wildman–Crippen LogP) is 1.83. The molecule has 4 rings (SSSR count). The fourth-order valence-corrected chi connectivity index (χ4v) is 8.06. The van der Waals surface area contributed by atoms with E-state index in [9.17, 15) is 13.4 Å². The molecule has 0 bridgehead atoms. The first kappa shape index (κ1) is 23.2. The number of thiol groups is 1. The lowest BCUT2D eigenvalue weighted by molar-refractivity contribution is 0.102. The third kappa shape index (κ3) is 3.66. The van der Waals surface area contributed by atoms with Gasteiger partial charge in [-0.2, -0.15) is 0 Å². The molecule has 0 aliphatic carbocycles. The summed E-state index contributed by atoms with van der Waals surface area (Å²) in [7, 11) is -3.09. The molecule has 0 saturated carbocycles. The molecule has 2 atom stereocenters. The van der Waals surface area contributed by atoms with Crippen LogP contribution in [0.5, 0.6) is 5.75 Å². The minimum absolute atomic E-state index is 0.0336. The summed E-state index contributed by atoms with van der Waals surface area (Å²) in [4.78, 5) is 25.4. The molecule has 178 valence electrons. The summed E-state index contributed by atoms with van der Waals surface area (Å²) >= 11 is 0. The van der Waals surface area contributed by atoms with Crippen molar-refractivity contribution in [1.29, 1.82) is 0 Å². The van der Waals surface area contributed by atoms with Crippen LogP contribution in [0.2, 0.25) is 0 Å². The number of rotatable bonds is 5. The molecule has 12 heteroatoms. The van der Waals surface area contributed by atoms with Gasteiger partial charge in [0.15, 0.2) is 0 Å². The van der Waals surface area contributed by atoms with E-state index in [4.69, 9.17) is 5.73 Å². The van der Waals surface area contributed by atoms with Crippen molar-refractivity contribution >= 4 is 27.7 Å². The number of alkyl halides is 1. The number of nitrogens with zero attached hydrogens (tertiary/aromatic N) is 3. The average Bonchev–Trinajstić information content (AvgIpc) is 3.19. The molecular weight excluding hydrogens is 454 g/mol. The third-order valence-corrected chi connectivity index (χ3v) is 10.6. The molecule has 1 unspecified atom stereocenters. The molecule has 1 amide bonds. The molecule has 4 N–H and O–H groups in total. The fourth-order valence-electron chi connectivity index (χ4n) is 4.43. The highest BCUT2D eigenvalue weighted by atomic mass is 32.3. The van der Waals surface area contributed by atoms with E-state index in [0.717, 1.165) is 0 Å². The van der Waals surface area contributed by atoms with Crippen molar-refractivity contribution in [3.05, 3.63) is 47.7 Å². The lowest BCUT2D eigenvalue weighted by Gasteiger charge is -2.50. The average molecular weight is 481 g/mol. The molecule has 2 aromatic rings. The first-order valence-corrected chi connectivity index (χ1v) is 12.1. The van der Waals surface area contributed by atoms with Crippen LogP contribution in [0.1, 0.15) is 43.4 Å². The van der Waals surface area contributed by atoms with Crippen LogP contribution in [0, 0.1) is 5.82 Å². The van der Waals surface area contributed by atoms with E-state index in [0.29, 0.717) is 13.0 Å². The number of ether oxygens (including phenoxy) is 1. The maximum Gasteiger partial charge on any atom is 0.275 e. The fraction of sp³-hybridized carbons (Fsp3) is 0.429. The highest BCUT2D eigenvalue weighted by Crippen LogP contribution is 2.48. The summed E-state index contributed by atoms with van der Waals surface area (Å²) < 4.78 is 48.1. The molecule has 1 fully saturated rings. The number of anilines is 1. The van der Waals surface area contributed by atoms with E-state index in [1.54, 1.807) is 20.8 Å². The van der Waals surface area contributed by atoms with Crippen molar-refractivity contribution in [2.24, 2.45) is 10.7 Å². The highest BCUT2D eigenvalue weighted by molar-refractivity contribution is 8.04. The topological polar surface area (TPSA) is 132 Å². The number of carbonyl (C=O) groups excluding carboxylic acids is 1. The molecular formula is C21H26F2N6O3S. The van der Waals surface area contributed by atoms with Crippen molar-refractivity contribution in [3.63, 3.8) is 0 Å². The van der Waals surface area contributed by atoms with Gasteiger partial charge in [0.2, 0.25) is 6.86 Å². The molecule has 2 aliphatic rings. The molecule has 0 radical (unpaired) electrons. The summed E-state index contributed by atoms with van der Waals surface area (Å²) in [5.74, 6) is -0.833. The smallest absolute Gasteiger partial charge is 0.275 e. The Labute approximate surface area is 190 Å². The van der Waals surface area contributed by atoms with E-state index in [-0.39, 0.29) is 28.8 Å². The van der Waals surface area contributed by atoms with Gasteiger partial charge in [0, 0.05) is 6.54 Å². The van der Waals surface area contributed by atoms with Gasteiger partial charge in [0.1, 0.15) is 40.1 Å². The zero-order valence-corrected chi connectivity index (χ0v) is 19.3. The number of nitrogens with one attached hydrogen (secondary N) is 2. The van der Waals surface area contributed by atoms with Crippen LogP contribution in [0.3, 0.4) is 0 Å². The molecule has 9 nitrogen and oxygen atoms in total. The number of carbonyl (C=O) groups is 1. The van der Waals surface area contributed by atoms with Gasteiger partial charge in [-0.3, -0.25) is 18.7 Å². The zero-order chi connectivity index (χ0) is 24.0. The second-order valence-electron chi connectivity index (χ2n) is 8.69. The Bertz CT molecular complexity index is 1170. The first-order valence-electron chi connectivity index (χ1n) is 10.4. The summed E-state index contributed by atoms with van der Waals surface area (Å²) in [6.45, 7) is 4.70. The predicted molar refractivity (Wildman–Crippen MR) is 122 cm³/mol. The number of hydrogen-bond donors (Lipinski definition) is 4. The second-order valence-corrected chi connectivity index (χ2v) is 12.1. The van der Waals surface area contributed by atoms with Crippen LogP contribution in [-0.2, 0) is 15.7 Å². The van der Waals surface area contributed by atoms with Crippen LogP contribution in [0.25, 0.3) is 0 Å². The van der Waals surface area contributed by atoms with Crippen LogP contribution in [0.4, 0.5) is 14.6 Å². The second kappa shape index (κ2) is 8.10. The van der Waals surface area contributed by atoms with Gasteiger partial charge in [0.25, 0.3) is 5.91 Å². The van der Waals surface area contributed by atoms with E-state index in [1.165, 1.54) is 30.5 Å². The lowest BCUT2D eigenvalue weighted by Crippen LogP contribution is -2.64. The Hall–Kier alpha value is -2.99. The summed E-state index contributed by atoms with van der Waals surface area (Å²) in [6.07, 6.45) is 1.73. The van der Waals surface area contributed by atoms with Crippen molar-refractivity contribution in [3.8, 4) is 5.75 Å². The van der Waals surface area contributed by atoms with E-state index >= 15 is 4.39 Å². The molecule has 1 saturated heterocycles. The number of amides is 1. The van der Waals surface area contributed by atoms with Crippen LogP contribution < -0.4 is 20.5 Å². The Morgan fingerprint density at radius 3 is 2.76 bits per heavy atom. The highest BCUT2D eigenvalue weighted by Gasteiger charge is 2.59. The standard InChI is InChI=1S/C21H26F2N6O3S/c1-20(2)19(24)29-21(3,15-8-9-26-33(15,20)31)17-13(23)5-7-16(27-17)28-18(30)14-6-4-12(10-25-14)32-11-22/h4-7,10,15,33H,8-9,11H2,1-3H3,(H2,24,29)(H,26,31)(H,27,28,30)/t15?,21-/m0/s1. The number of aliphatic imine (C=N–C) groups is 1. The Morgan fingerprint density at radius 2 is 2.09 bits per heavy atom. The van der Waals surface area contributed by atoms with Crippen LogP contribution in [0.15, 0.2) is 35.5 Å². The van der Waals surface area contributed by atoms with Crippen molar-refractivity contribution in [1.82, 2.24) is 14.7 Å². The number of hydrogen-bond acceptors (Lipinski definition) is 7. The lowest BCUT2D eigenvalue weighted by atomic mass is 9.90. The molecule has 33 heavy (non-hydrogen) atoms. The van der Waals surface area contributed by atoms with Crippen LogP contribution in [-0.4, -0.2) is 49.3 Å². The van der Waals surface area contributed by atoms with Gasteiger partial charge >= 0.3 is 0 Å². The van der Waals surface area contributed by atoms with E-state index in [1.807, 2.05) is 0 Å². The third-order valence-electron chi connectivity index (χ3n) is 6.42. The maximum absolute atomic E-state index is 15.0. The Morgan fingerprint density at radius 1 is 1.33 bits per heavy atom. The SMILES string of the molecule is CC1(C)C(N)=N[C@](C)(c2nc(NC(=O)c3ccc(OCF)cn3)ccc2F)C2CCN[SH]21=O.